The van der Waals surface area contributed by atoms with Crippen LogP contribution >= 0.6 is 0 Å². The van der Waals surface area contributed by atoms with Gasteiger partial charge >= 0.3 is 0 Å². The molecule has 5 aromatic rings. The first-order valence-corrected chi connectivity index (χ1v) is 9.97. The van der Waals surface area contributed by atoms with Gasteiger partial charge in [0.05, 0.1) is 5.56 Å². The fraction of sp³-hybridized carbons (Fsp3) is 0.0800. The topological polar surface area (TPSA) is 109 Å². The van der Waals surface area contributed by atoms with Gasteiger partial charge in [-0.3, -0.25) is 0 Å². The lowest BCUT2D eigenvalue weighted by atomic mass is 10.1. The van der Waals surface area contributed by atoms with Crippen LogP contribution in [-0.2, 0) is 7.05 Å². The Bertz CT molecular complexity index is 1600. The van der Waals surface area contributed by atoms with Crippen molar-refractivity contribution in [3.05, 3.63) is 70.9 Å². The molecule has 0 aliphatic rings. The Morgan fingerprint density at radius 3 is 2.16 bits per heavy atom. The van der Waals surface area contributed by atoms with Gasteiger partial charge in [0, 0.05) is 22.7 Å². The lowest BCUT2D eigenvalue weighted by Crippen LogP contribution is -2.36. The van der Waals surface area contributed by atoms with Crippen molar-refractivity contribution in [2.45, 2.75) is 6.92 Å². The molecule has 2 heterocycles. The number of benzene rings is 3. The molecule has 7 heteroatoms. The fourth-order valence-corrected chi connectivity index (χ4v) is 4.12. The number of phenols is 5. The lowest BCUT2D eigenvalue weighted by Gasteiger charge is -2.01. The van der Waals surface area contributed by atoms with Crippen LogP contribution in [0, 0.1) is 6.92 Å². The molecule has 0 atom stereocenters. The summed E-state index contributed by atoms with van der Waals surface area (Å²) >= 11 is 0. The Morgan fingerprint density at radius 1 is 0.719 bits per heavy atom. The van der Waals surface area contributed by atoms with Crippen LogP contribution in [0.1, 0.15) is 11.1 Å². The van der Waals surface area contributed by atoms with Crippen molar-refractivity contribution >= 4 is 22.5 Å². The van der Waals surface area contributed by atoms with Crippen LogP contribution in [0.5, 0.6) is 28.7 Å². The first-order chi connectivity index (χ1) is 15.2. The Labute approximate surface area is 182 Å². The Hall–Kier alpha value is -4.39. The van der Waals surface area contributed by atoms with Gasteiger partial charge in [-0.2, -0.15) is 0 Å². The average Bonchev–Trinajstić information content (AvgIpc) is 3.23. The number of aryl methyl sites for hydroxylation is 2. The van der Waals surface area contributed by atoms with Gasteiger partial charge in [-0.05, 0) is 54.5 Å². The molecule has 32 heavy (non-hydrogen) atoms. The molecule has 2 aromatic heterocycles. The zero-order valence-corrected chi connectivity index (χ0v) is 17.4. The van der Waals surface area contributed by atoms with Crippen molar-refractivity contribution in [2.24, 2.45) is 7.05 Å². The summed E-state index contributed by atoms with van der Waals surface area (Å²) in [7, 11) is 1.84. The number of hydrogen-bond donors (Lipinski definition) is 5. The zero-order chi connectivity index (χ0) is 22.7. The summed E-state index contributed by atoms with van der Waals surface area (Å²) in [6.07, 6.45) is 1.91. The van der Waals surface area contributed by atoms with E-state index in [1.54, 1.807) is 12.1 Å². The molecule has 0 saturated heterocycles. The molecule has 7 nitrogen and oxygen atoms in total. The molecule has 0 amide bonds. The highest BCUT2D eigenvalue weighted by molar-refractivity contribution is 5.92. The van der Waals surface area contributed by atoms with E-state index in [4.69, 9.17) is 0 Å². The zero-order valence-electron chi connectivity index (χ0n) is 17.4. The van der Waals surface area contributed by atoms with E-state index in [1.807, 2.05) is 47.4 Å². The normalized spacial score (nSPS) is 12.2. The van der Waals surface area contributed by atoms with Gasteiger partial charge in [-0.15, -0.1) is 9.20 Å². The molecule has 5 N–H and O–H groups in total. The van der Waals surface area contributed by atoms with Crippen molar-refractivity contribution < 1.29 is 30.2 Å². The molecular weight excluding hydrogens is 408 g/mol. The van der Waals surface area contributed by atoms with E-state index in [2.05, 4.69) is 0 Å². The monoisotopic (exact) mass is 429 g/mol. The molecule has 0 bridgehead atoms. The largest absolute Gasteiger partial charge is 0.508 e. The molecular formula is C25H21N2O5+. The van der Waals surface area contributed by atoms with E-state index in [0.717, 1.165) is 32.9 Å². The van der Waals surface area contributed by atoms with E-state index in [0.29, 0.717) is 11.1 Å². The molecule has 0 fully saturated rings. The summed E-state index contributed by atoms with van der Waals surface area (Å²) in [5.41, 5.74) is 4.49. The number of nitrogens with zero attached hydrogens (tertiary/aromatic N) is 2. The van der Waals surface area contributed by atoms with Crippen molar-refractivity contribution in [1.29, 1.82) is 0 Å². The second-order valence-electron chi connectivity index (χ2n) is 7.92. The van der Waals surface area contributed by atoms with Crippen LogP contribution in [0.15, 0.2) is 54.6 Å². The minimum Gasteiger partial charge on any atom is -0.508 e. The van der Waals surface area contributed by atoms with E-state index in [9.17, 15) is 25.5 Å². The third-order valence-electron chi connectivity index (χ3n) is 5.85. The van der Waals surface area contributed by atoms with E-state index in [-0.39, 0.29) is 28.7 Å². The Balaban J connectivity index is 1.88. The predicted octanol–water partition coefficient (Wildman–Crippen LogP) is 2.97. The highest BCUT2D eigenvalue weighted by atomic mass is 16.3. The molecule has 160 valence electrons. The van der Waals surface area contributed by atoms with Gasteiger partial charge in [0.2, 0.25) is 5.69 Å². The number of fused-ring (bicyclic) bond motifs is 3. The second kappa shape index (κ2) is 6.81. The highest BCUT2D eigenvalue weighted by Crippen LogP contribution is 2.33. The van der Waals surface area contributed by atoms with Gasteiger partial charge in [0.1, 0.15) is 16.8 Å². The van der Waals surface area contributed by atoms with Crippen molar-refractivity contribution in [3.63, 3.8) is 0 Å². The average molecular weight is 429 g/mol. The van der Waals surface area contributed by atoms with Crippen LogP contribution < -0.4 is 9.90 Å². The van der Waals surface area contributed by atoms with Gasteiger partial charge in [-0.1, -0.05) is 12.1 Å². The first-order valence-electron chi connectivity index (χ1n) is 9.97. The minimum absolute atomic E-state index is 0.187. The molecule has 0 unspecified atom stereocenters. The van der Waals surface area contributed by atoms with Crippen LogP contribution in [0.2, 0.25) is 0 Å². The quantitative estimate of drug-likeness (QED) is 0.219. The SMILES string of the molecule is Cc1ccc(/C=c2/c3cc(O)c(O)cc3n3c2cc(-c2ccc(O)c(O)c2)[n+]3C)cc1O. The molecule has 0 saturated carbocycles. The molecule has 0 aliphatic carbocycles. The number of phenolic OH excluding ortho intramolecular Hbond substituents is 5. The highest BCUT2D eigenvalue weighted by Gasteiger charge is 2.23. The maximum Gasteiger partial charge on any atom is 0.239 e. The number of hydrogen-bond acceptors (Lipinski definition) is 5. The van der Waals surface area contributed by atoms with Gasteiger partial charge in [-0.25, -0.2) is 0 Å². The first kappa shape index (κ1) is 19.6. The van der Waals surface area contributed by atoms with Gasteiger partial charge in [0.15, 0.2) is 30.0 Å². The summed E-state index contributed by atoms with van der Waals surface area (Å²) in [5, 5.41) is 51.6. The van der Waals surface area contributed by atoms with Crippen LogP contribution in [-0.4, -0.2) is 30.0 Å². The van der Waals surface area contributed by atoms with E-state index < -0.39 is 0 Å². The molecule has 3 aromatic carbocycles. The molecule has 0 spiro atoms. The summed E-state index contributed by atoms with van der Waals surface area (Å²) in [5.74, 6) is -0.691. The fourth-order valence-electron chi connectivity index (χ4n) is 4.12. The molecule has 0 radical (unpaired) electrons. The number of aromatic nitrogens is 2. The third kappa shape index (κ3) is 2.86. The summed E-state index contributed by atoms with van der Waals surface area (Å²) < 4.78 is 3.76. The Morgan fingerprint density at radius 2 is 1.44 bits per heavy atom. The maximum atomic E-state index is 10.1. The van der Waals surface area contributed by atoms with E-state index >= 15 is 0 Å². The minimum atomic E-state index is -0.235. The summed E-state index contributed by atoms with van der Waals surface area (Å²) in [6.45, 7) is 1.82. The van der Waals surface area contributed by atoms with Crippen molar-refractivity contribution in [3.8, 4) is 40.0 Å². The summed E-state index contributed by atoms with van der Waals surface area (Å²) in [4.78, 5) is 0. The van der Waals surface area contributed by atoms with Crippen molar-refractivity contribution in [1.82, 2.24) is 4.52 Å². The van der Waals surface area contributed by atoms with Gasteiger partial charge < -0.3 is 25.5 Å². The maximum absolute atomic E-state index is 10.1. The van der Waals surface area contributed by atoms with Crippen LogP contribution in [0.3, 0.4) is 0 Å². The van der Waals surface area contributed by atoms with E-state index in [1.165, 1.54) is 24.3 Å². The number of aromatic hydroxyl groups is 5. The lowest BCUT2D eigenvalue weighted by molar-refractivity contribution is -0.725. The number of rotatable bonds is 2. The standard InChI is InChI=1S/C25H20N2O5/c1-13-3-4-14(8-22(13)29)7-16-17-10-24(31)25(32)12-20(17)27-19(16)11-18(26(27)2)15-5-6-21(28)23(30)9-15/h3-12,29-32H,1-2H3/p+1/b16-7-. The Kier molecular flexibility index (Phi) is 4.17. The van der Waals surface area contributed by atoms with Crippen LogP contribution in [0.4, 0.5) is 0 Å². The summed E-state index contributed by atoms with van der Waals surface area (Å²) in [6, 6.07) is 15.0. The van der Waals surface area contributed by atoms with Gasteiger partial charge in [0.25, 0.3) is 0 Å². The predicted molar refractivity (Wildman–Crippen MR) is 120 cm³/mol. The smallest absolute Gasteiger partial charge is 0.239 e. The van der Waals surface area contributed by atoms with Crippen LogP contribution in [0.25, 0.3) is 33.8 Å². The van der Waals surface area contributed by atoms with Crippen molar-refractivity contribution in [2.75, 3.05) is 0 Å². The second-order valence-corrected chi connectivity index (χ2v) is 7.92. The molecule has 0 aliphatic heterocycles. The third-order valence-corrected chi connectivity index (χ3v) is 5.85. The molecule has 5 rings (SSSR count).